The molecule has 0 aliphatic carbocycles. The molecule has 0 spiro atoms. The van der Waals surface area contributed by atoms with Crippen LogP contribution >= 0.6 is 11.8 Å². The second-order valence-corrected chi connectivity index (χ2v) is 9.06. The van der Waals surface area contributed by atoms with E-state index in [0.717, 1.165) is 41.7 Å². The van der Waals surface area contributed by atoms with E-state index < -0.39 is 6.09 Å². The van der Waals surface area contributed by atoms with Gasteiger partial charge in [0.05, 0.1) is 30.8 Å². The predicted octanol–water partition coefficient (Wildman–Crippen LogP) is 3.46. The first kappa shape index (κ1) is 22.2. The van der Waals surface area contributed by atoms with Crippen LogP contribution in [-0.4, -0.2) is 64.5 Å². The van der Waals surface area contributed by atoms with Gasteiger partial charge in [-0.2, -0.15) is 5.26 Å². The quantitative estimate of drug-likeness (QED) is 0.556. The standard InChI is InChI=1S/C23H28N6O2S/c1-15-5-4-6-20(16(15)2)27-10-8-18-19(14-27)25-22(32-3)26-21(18)28-11-12-29(23(30)31)17(13-28)7-9-24/h4-6,17H,7-8,10-14H2,1-3H3,(H,30,31). The van der Waals surface area contributed by atoms with Gasteiger partial charge >= 0.3 is 6.09 Å². The molecule has 0 saturated carbocycles. The molecule has 1 fully saturated rings. The normalized spacial score (nSPS) is 18.3. The van der Waals surface area contributed by atoms with Gasteiger partial charge in [0.15, 0.2) is 5.16 Å². The maximum absolute atomic E-state index is 11.6. The highest BCUT2D eigenvalue weighted by atomic mass is 32.2. The minimum atomic E-state index is -0.969. The van der Waals surface area contributed by atoms with E-state index >= 15 is 0 Å². The van der Waals surface area contributed by atoms with Crippen LogP contribution in [0.5, 0.6) is 0 Å². The summed E-state index contributed by atoms with van der Waals surface area (Å²) in [5.41, 5.74) is 5.99. The topological polar surface area (TPSA) is 96.6 Å². The number of aryl methyl sites for hydroxylation is 1. The number of hydrogen-bond acceptors (Lipinski definition) is 7. The van der Waals surface area contributed by atoms with Crippen LogP contribution in [0.25, 0.3) is 0 Å². The Labute approximate surface area is 192 Å². The number of hydrogen-bond donors (Lipinski definition) is 1. The molecule has 9 heteroatoms. The number of fused-ring (bicyclic) bond motifs is 1. The molecule has 1 saturated heterocycles. The first-order valence-electron chi connectivity index (χ1n) is 10.8. The lowest BCUT2D eigenvalue weighted by Crippen LogP contribution is -2.55. The van der Waals surface area contributed by atoms with Crippen molar-refractivity contribution in [3.05, 3.63) is 40.6 Å². The molecule has 2 aliphatic heterocycles. The Morgan fingerprint density at radius 3 is 2.78 bits per heavy atom. The van der Waals surface area contributed by atoms with E-state index in [4.69, 9.17) is 9.97 Å². The Morgan fingerprint density at radius 2 is 2.06 bits per heavy atom. The van der Waals surface area contributed by atoms with Gasteiger partial charge in [-0.15, -0.1) is 0 Å². The summed E-state index contributed by atoms with van der Waals surface area (Å²) < 4.78 is 0. The number of amides is 1. The summed E-state index contributed by atoms with van der Waals surface area (Å²) in [4.78, 5) is 27.2. The molecular formula is C23H28N6O2S. The lowest BCUT2D eigenvalue weighted by molar-refractivity contribution is 0.119. The van der Waals surface area contributed by atoms with Crippen molar-refractivity contribution in [2.45, 2.75) is 44.4 Å². The summed E-state index contributed by atoms with van der Waals surface area (Å²) in [6, 6.07) is 8.19. The molecule has 32 heavy (non-hydrogen) atoms. The predicted molar refractivity (Wildman–Crippen MR) is 125 cm³/mol. The van der Waals surface area contributed by atoms with Crippen LogP contribution in [0.15, 0.2) is 23.4 Å². The zero-order valence-electron chi connectivity index (χ0n) is 18.7. The molecular weight excluding hydrogens is 424 g/mol. The summed E-state index contributed by atoms with van der Waals surface area (Å²) in [5.74, 6) is 0.896. The van der Waals surface area contributed by atoms with Gasteiger partial charge in [-0.25, -0.2) is 14.8 Å². The minimum Gasteiger partial charge on any atom is -0.465 e. The fourth-order valence-corrected chi connectivity index (χ4v) is 4.98. The highest BCUT2D eigenvalue weighted by Crippen LogP contribution is 2.33. The van der Waals surface area contributed by atoms with Crippen LogP contribution in [0.4, 0.5) is 16.3 Å². The summed E-state index contributed by atoms with van der Waals surface area (Å²) >= 11 is 1.51. The van der Waals surface area contributed by atoms with E-state index in [1.165, 1.54) is 33.5 Å². The van der Waals surface area contributed by atoms with E-state index in [1.54, 1.807) is 0 Å². The molecule has 1 N–H and O–H groups in total. The van der Waals surface area contributed by atoms with Crippen molar-refractivity contribution in [1.29, 1.82) is 5.26 Å². The average molecular weight is 453 g/mol. The molecule has 0 bridgehead atoms. The SMILES string of the molecule is CSc1nc2c(c(N3CCN(C(=O)O)C(CC#N)C3)n1)CCN(c1cccc(C)c1C)C2. The Kier molecular flexibility index (Phi) is 6.42. The minimum absolute atomic E-state index is 0.172. The summed E-state index contributed by atoms with van der Waals surface area (Å²) in [5, 5.41) is 19.4. The number of nitriles is 1. The molecule has 1 aromatic heterocycles. The van der Waals surface area contributed by atoms with Crippen molar-refractivity contribution in [2.75, 3.05) is 42.2 Å². The number of anilines is 2. The second kappa shape index (κ2) is 9.25. The van der Waals surface area contributed by atoms with E-state index in [-0.39, 0.29) is 12.5 Å². The third kappa shape index (κ3) is 4.19. The number of carbonyl (C=O) groups is 1. The molecule has 1 unspecified atom stereocenters. The number of nitrogens with zero attached hydrogens (tertiary/aromatic N) is 6. The number of benzene rings is 1. The Bertz CT molecular complexity index is 1070. The van der Waals surface area contributed by atoms with Crippen LogP contribution in [0.1, 0.15) is 28.8 Å². The van der Waals surface area contributed by atoms with Gasteiger partial charge in [-0.05, 0) is 43.7 Å². The van der Waals surface area contributed by atoms with E-state index in [9.17, 15) is 15.2 Å². The molecule has 8 nitrogen and oxygen atoms in total. The average Bonchev–Trinajstić information content (AvgIpc) is 2.79. The van der Waals surface area contributed by atoms with E-state index in [0.29, 0.717) is 19.6 Å². The van der Waals surface area contributed by atoms with Crippen molar-refractivity contribution in [3.8, 4) is 6.07 Å². The van der Waals surface area contributed by atoms with Gasteiger partial charge in [0.25, 0.3) is 0 Å². The van der Waals surface area contributed by atoms with Crippen LogP contribution in [0, 0.1) is 25.2 Å². The number of piperazine rings is 1. The molecule has 4 rings (SSSR count). The monoisotopic (exact) mass is 452 g/mol. The maximum atomic E-state index is 11.6. The summed E-state index contributed by atoms with van der Waals surface area (Å²) in [6.07, 6.45) is 2.00. The Hall–Kier alpha value is -2.99. The number of aromatic nitrogens is 2. The van der Waals surface area contributed by atoms with E-state index in [2.05, 4.69) is 47.9 Å². The van der Waals surface area contributed by atoms with Crippen molar-refractivity contribution in [1.82, 2.24) is 14.9 Å². The third-order valence-electron chi connectivity index (χ3n) is 6.48. The van der Waals surface area contributed by atoms with Crippen LogP contribution < -0.4 is 9.80 Å². The van der Waals surface area contributed by atoms with Gasteiger partial charge in [0.1, 0.15) is 5.82 Å². The molecule has 2 aromatic rings. The number of rotatable bonds is 4. The first-order chi connectivity index (χ1) is 15.4. The van der Waals surface area contributed by atoms with Crippen molar-refractivity contribution in [2.24, 2.45) is 0 Å². The smallest absolute Gasteiger partial charge is 0.407 e. The fraction of sp³-hybridized carbons (Fsp3) is 0.478. The largest absolute Gasteiger partial charge is 0.465 e. The molecule has 1 aromatic carbocycles. The zero-order valence-corrected chi connectivity index (χ0v) is 19.5. The molecule has 1 atom stereocenters. The molecule has 1 amide bonds. The number of thioether (sulfide) groups is 1. The second-order valence-electron chi connectivity index (χ2n) is 8.29. The molecule has 2 aliphatic rings. The van der Waals surface area contributed by atoms with Gasteiger partial charge in [0, 0.05) is 37.4 Å². The van der Waals surface area contributed by atoms with Gasteiger partial charge in [-0.1, -0.05) is 23.9 Å². The highest BCUT2D eigenvalue weighted by Gasteiger charge is 2.33. The lowest BCUT2D eigenvalue weighted by atomic mass is 10.0. The fourth-order valence-electron chi connectivity index (χ4n) is 4.60. The lowest BCUT2D eigenvalue weighted by Gasteiger charge is -2.41. The van der Waals surface area contributed by atoms with Gasteiger partial charge in [0.2, 0.25) is 0 Å². The van der Waals surface area contributed by atoms with Gasteiger partial charge < -0.3 is 19.8 Å². The molecule has 168 valence electrons. The van der Waals surface area contributed by atoms with Crippen LogP contribution in [0.3, 0.4) is 0 Å². The van der Waals surface area contributed by atoms with Crippen LogP contribution in [-0.2, 0) is 13.0 Å². The molecule has 3 heterocycles. The molecule has 0 radical (unpaired) electrons. The number of carboxylic acid groups (broad SMARTS) is 1. The zero-order chi connectivity index (χ0) is 22.8. The third-order valence-corrected chi connectivity index (χ3v) is 7.02. The van der Waals surface area contributed by atoms with Crippen molar-refractivity contribution >= 4 is 29.4 Å². The summed E-state index contributed by atoms with van der Waals surface area (Å²) in [6.45, 7) is 7.30. The Balaban J connectivity index is 1.65. The van der Waals surface area contributed by atoms with E-state index in [1.807, 2.05) is 6.26 Å². The van der Waals surface area contributed by atoms with Crippen molar-refractivity contribution < 1.29 is 9.90 Å². The van der Waals surface area contributed by atoms with Crippen molar-refractivity contribution in [3.63, 3.8) is 0 Å². The Morgan fingerprint density at radius 1 is 1.25 bits per heavy atom. The summed E-state index contributed by atoms with van der Waals surface area (Å²) in [7, 11) is 0. The van der Waals surface area contributed by atoms with Gasteiger partial charge in [-0.3, -0.25) is 0 Å². The highest BCUT2D eigenvalue weighted by molar-refractivity contribution is 7.98. The maximum Gasteiger partial charge on any atom is 0.407 e. The van der Waals surface area contributed by atoms with Crippen LogP contribution in [0.2, 0.25) is 0 Å². The first-order valence-corrected chi connectivity index (χ1v) is 12.0.